The van der Waals surface area contributed by atoms with Gasteiger partial charge in [0.2, 0.25) is 11.8 Å². The minimum Gasteiger partial charge on any atom is -0.391 e. The van der Waals surface area contributed by atoms with Gasteiger partial charge in [-0.15, -0.1) is 0 Å². The van der Waals surface area contributed by atoms with Gasteiger partial charge >= 0.3 is 6.03 Å². The molecular weight excluding hydrogens is 601 g/mol. The molecule has 2 fully saturated rings. The number of nitrogens with one attached hydrogen (secondary N) is 3. The van der Waals surface area contributed by atoms with Gasteiger partial charge in [0.1, 0.15) is 18.3 Å². The molecule has 1 unspecified atom stereocenters. The number of hydrogen-bond donors (Lipinski definition) is 4. The number of benzene rings is 1. The molecule has 1 aromatic carbocycles. The van der Waals surface area contributed by atoms with Gasteiger partial charge in [-0.2, -0.15) is 0 Å². The number of aromatic nitrogens is 1. The van der Waals surface area contributed by atoms with Crippen molar-refractivity contribution in [2.45, 2.75) is 108 Å². The van der Waals surface area contributed by atoms with Gasteiger partial charge in [-0.25, -0.2) is 9.18 Å². The van der Waals surface area contributed by atoms with E-state index in [4.69, 9.17) is 4.74 Å². The van der Waals surface area contributed by atoms with Crippen LogP contribution in [0.3, 0.4) is 0 Å². The molecule has 1 aliphatic heterocycles. The lowest BCUT2D eigenvalue weighted by Crippen LogP contribution is -2.58. The molecule has 10 nitrogen and oxygen atoms in total. The number of amides is 4. The Morgan fingerprint density at radius 3 is 2.32 bits per heavy atom. The summed E-state index contributed by atoms with van der Waals surface area (Å²) >= 11 is 0. The summed E-state index contributed by atoms with van der Waals surface area (Å²) in [5, 5.41) is 20.1. The lowest BCUT2D eigenvalue weighted by Gasteiger charge is -2.32. The standard InChI is InChI=1S/C36H52FN5O5/c1-2-11-30(39-35(45)32(23-27-14-7-4-8-15-27)41-36(46)42-18-20-47-21-19-42)34(44)40-31(22-26-12-5-3-6-13-26)33(43)25-28(37)24-29-16-9-10-17-38-29/h4,7-10,14-17,26,28,30-33,43H,2-3,5-6,11-13,18-25H2,1H3,(H,39,45)(H,40,44)(H,41,46)/t28?,30-,31-,32-,33-/m0/s1. The molecule has 1 saturated heterocycles. The Labute approximate surface area is 278 Å². The van der Waals surface area contributed by atoms with Crippen molar-refractivity contribution in [2.75, 3.05) is 26.3 Å². The molecule has 2 aromatic rings. The second kappa shape index (κ2) is 19.3. The van der Waals surface area contributed by atoms with E-state index in [9.17, 15) is 19.5 Å². The maximum absolute atomic E-state index is 15.2. The minimum absolute atomic E-state index is 0.0789. The van der Waals surface area contributed by atoms with Gasteiger partial charge in [-0.1, -0.05) is 81.8 Å². The van der Waals surface area contributed by atoms with E-state index in [0.717, 1.165) is 31.2 Å². The zero-order chi connectivity index (χ0) is 33.4. The van der Waals surface area contributed by atoms with Gasteiger partial charge in [0.05, 0.1) is 25.4 Å². The fourth-order valence-corrected chi connectivity index (χ4v) is 6.53. The number of nitrogens with zero attached hydrogens (tertiary/aromatic N) is 2. The maximum atomic E-state index is 15.2. The third-order valence-electron chi connectivity index (χ3n) is 9.16. The predicted molar refractivity (Wildman–Crippen MR) is 178 cm³/mol. The van der Waals surface area contributed by atoms with Crippen LogP contribution in [0.4, 0.5) is 9.18 Å². The fourth-order valence-electron chi connectivity index (χ4n) is 6.53. The molecule has 258 valence electrons. The number of ether oxygens (including phenoxy) is 1. The van der Waals surface area contributed by atoms with Crippen molar-refractivity contribution in [1.82, 2.24) is 25.8 Å². The van der Waals surface area contributed by atoms with Crippen LogP contribution in [0.25, 0.3) is 0 Å². The first-order valence-electron chi connectivity index (χ1n) is 17.3. The van der Waals surface area contributed by atoms with Gasteiger partial charge in [0.25, 0.3) is 0 Å². The van der Waals surface area contributed by atoms with Crippen LogP contribution in [0.5, 0.6) is 0 Å². The second-order valence-electron chi connectivity index (χ2n) is 12.9. The average molecular weight is 654 g/mol. The zero-order valence-corrected chi connectivity index (χ0v) is 27.6. The van der Waals surface area contributed by atoms with Crippen molar-refractivity contribution in [3.05, 3.63) is 66.0 Å². The van der Waals surface area contributed by atoms with Crippen LogP contribution >= 0.6 is 0 Å². The summed E-state index contributed by atoms with van der Waals surface area (Å²) in [6.07, 6.45) is 6.29. The summed E-state index contributed by atoms with van der Waals surface area (Å²) in [4.78, 5) is 46.5. The molecule has 1 aliphatic carbocycles. The highest BCUT2D eigenvalue weighted by molar-refractivity contribution is 5.92. The van der Waals surface area contributed by atoms with Crippen LogP contribution in [0.1, 0.15) is 76.0 Å². The number of rotatable bonds is 16. The second-order valence-corrected chi connectivity index (χ2v) is 12.9. The molecule has 47 heavy (non-hydrogen) atoms. The lowest BCUT2D eigenvalue weighted by molar-refractivity contribution is -0.131. The summed E-state index contributed by atoms with van der Waals surface area (Å²) in [6, 6.07) is 11.9. The number of carbonyl (C=O) groups is 3. The Balaban J connectivity index is 1.44. The van der Waals surface area contributed by atoms with Crippen LogP contribution < -0.4 is 16.0 Å². The number of hydrogen-bond acceptors (Lipinski definition) is 6. The smallest absolute Gasteiger partial charge is 0.318 e. The SMILES string of the molecule is CCC[C@H](NC(=O)[C@H](Cc1ccccc1)NC(=O)N1CCOCC1)C(=O)N[C@@H](CC1CCCCC1)[C@@H](O)CC(F)Cc1ccccn1. The van der Waals surface area contributed by atoms with Crippen molar-refractivity contribution in [1.29, 1.82) is 0 Å². The van der Waals surface area contributed by atoms with E-state index in [2.05, 4.69) is 20.9 Å². The molecule has 0 radical (unpaired) electrons. The molecule has 5 atom stereocenters. The lowest BCUT2D eigenvalue weighted by atomic mass is 9.83. The highest BCUT2D eigenvalue weighted by atomic mass is 19.1. The zero-order valence-electron chi connectivity index (χ0n) is 27.6. The molecule has 0 spiro atoms. The third-order valence-corrected chi connectivity index (χ3v) is 9.16. The van der Waals surface area contributed by atoms with Crippen LogP contribution in [-0.4, -0.2) is 89.5 Å². The van der Waals surface area contributed by atoms with Crippen LogP contribution in [-0.2, 0) is 27.2 Å². The van der Waals surface area contributed by atoms with Crippen molar-refractivity contribution in [2.24, 2.45) is 5.92 Å². The number of urea groups is 1. The molecule has 4 rings (SSSR count). The summed E-state index contributed by atoms with van der Waals surface area (Å²) in [7, 11) is 0. The Bertz CT molecular complexity index is 1230. The molecule has 11 heteroatoms. The molecule has 4 amide bonds. The first-order chi connectivity index (χ1) is 22.8. The number of halogens is 1. The molecule has 4 N–H and O–H groups in total. The van der Waals surface area contributed by atoms with Gasteiger partial charge in [-0.05, 0) is 36.5 Å². The van der Waals surface area contributed by atoms with Crippen LogP contribution in [0.15, 0.2) is 54.7 Å². The molecule has 0 bridgehead atoms. The van der Waals surface area contributed by atoms with E-state index in [0.29, 0.717) is 57.2 Å². The predicted octanol–water partition coefficient (Wildman–Crippen LogP) is 4.11. The summed E-state index contributed by atoms with van der Waals surface area (Å²) in [6.45, 7) is 3.65. The number of aliphatic hydroxyl groups is 1. The van der Waals surface area contributed by atoms with Gasteiger partial charge in [-0.3, -0.25) is 14.6 Å². The van der Waals surface area contributed by atoms with Gasteiger partial charge in [0.15, 0.2) is 0 Å². The molecule has 1 saturated carbocycles. The summed E-state index contributed by atoms with van der Waals surface area (Å²) in [5.74, 6) is -0.562. The number of alkyl halides is 1. The Kier molecular flexibility index (Phi) is 14.9. The first-order valence-corrected chi connectivity index (χ1v) is 17.3. The van der Waals surface area contributed by atoms with E-state index in [1.54, 1.807) is 29.3 Å². The van der Waals surface area contributed by atoms with E-state index in [1.807, 2.05) is 37.3 Å². The minimum atomic E-state index is -1.33. The topological polar surface area (TPSA) is 133 Å². The van der Waals surface area contributed by atoms with E-state index >= 15 is 4.39 Å². The monoisotopic (exact) mass is 653 g/mol. The van der Waals surface area contributed by atoms with Crippen LogP contribution in [0, 0.1) is 5.92 Å². The largest absolute Gasteiger partial charge is 0.391 e. The number of aliphatic hydroxyl groups excluding tert-OH is 1. The fraction of sp³-hybridized carbons (Fsp3) is 0.611. The summed E-state index contributed by atoms with van der Waals surface area (Å²) < 4.78 is 20.5. The number of carbonyl (C=O) groups excluding carboxylic acids is 3. The normalized spacial score (nSPS) is 18.7. The molecular formula is C36H52FN5O5. The summed E-state index contributed by atoms with van der Waals surface area (Å²) in [5.41, 5.74) is 1.48. The highest BCUT2D eigenvalue weighted by Gasteiger charge is 2.33. The highest BCUT2D eigenvalue weighted by Crippen LogP contribution is 2.29. The molecule has 2 aliphatic rings. The van der Waals surface area contributed by atoms with Crippen molar-refractivity contribution in [3.8, 4) is 0 Å². The Morgan fingerprint density at radius 1 is 0.936 bits per heavy atom. The van der Waals surface area contributed by atoms with Gasteiger partial charge in [0, 0.05) is 44.2 Å². The van der Waals surface area contributed by atoms with E-state index < -0.39 is 42.2 Å². The Hall–Kier alpha value is -3.57. The van der Waals surface area contributed by atoms with E-state index in [-0.39, 0.29) is 25.3 Å². The average Bonchev–Trinajstić information content (AvgIpc) is 3.09. The Morgan fingerprint density at radius 2 is 1.64 bits per heavy atom. The van der Waals surface area contributed by atoms with E-state index in [1.165, 1.54) is 6.42 Å². The van der Waals surface area contributed by atoms with Crippen molar-refractivity contribution in [3.63, 3.8) is 0 Å². The molecule has 2 heterocycles. The number of pyridine rings is 1. The first kappa shape index (κ1) is 36.3. The third kappa shape index (κ3) is 12.2. The number of morpholine rings is 1. The quantitative estimate of drug-likeness (QED) is 0.216. The van der Waals surface area contributed by atoms with Gasteiger partial charge < -0.3 is 30.7 Å². The molecule has 1 aromatic heterocycles. The van der Waals surface area contributed by atoms with Crippen molar-refractivity contribution >= 4 is 17.8 Å². The van der Waals surface area contributed by atoms with Crippen LogP contribution in [0.2, 0.25) is 0 Å². The van der Waals surface area contributed by atoms with Crippen molar-refractivity contribution < 1.29 is 28.6 Å². The maximum Gasteiger partial charge on any atom is 0.318 e.